The summed E-state index contributed by atoms with van der Waals surface area (Å²) in [7, 11) is 1.62. The van der Waals surface area contributed by atoms with Crippen LogP contribution in [0.5, 0.6) is 0 Å². The van der Waals surface area contributed by atoms with Crippen molar-refractivity contribution in [1.29, 1.82) is 0 Å². The molecule has 1 atom stereocenters. The highest BCUT2D eigenvalue weighted by Gasteiger charge is 2.29. The van der Waals surface area contributed by atoms with Crippen molar-refractivity contribution < 1.29 is 14.3 Å². The molecule has 25 heavy (non-hydrogen) atoms. The van der Waals surface area contributed by atoms with Gasteiger partial charge in [-0.2, -0.15) is 0 Å². The molecule has 6 nitrogen and oxygen atoms in total. The SMILES string of the molecule is Cc1cccc(NC(=O)CN(C)C(=O)C(N)C2CCOCC2)c1C.Cl. The van der Waals surface area contributed by atoms with Gasteiger partial charge >= 0.3 is 0 Å². The van der Waals surface area contributed by atoms with Crippen molar-refractivity contribution in [2.24, 2.45) is 11.7 Å². The summed E-state index contributed by atoms with van der Waals surface area (Å²) in [5.41, 5.74) is 9.00. The number of hydrogen-bond donors (Lipinski definition) is 2. The average Bonchev–Trinajstić information content (AvgIpc) is 2.58. The van der Waals surface area contributed by atoms with Crippen LogP contribution in [0.3, 0.4) is 0 Å². The first-order valence-corrected chi connectivity index (χ1v) is 8.34. The molecule has 3 N–H and O–H groups in total. The predicted octanol–water partition coefficient (Wildman–Crippen LogP) is 1.88. The molecule has 0 spiro atoms. The number of likely N-dealkylation sites (N-methyl/N-ethyl adjacent to an activating group) is 1. The first kappa shape index (κ1) is 21.4. The summed E-state index contributed by atoms with van der Waals surface area (Å²) in [6.07, 6.45) is 1.57. The number of benzene rings is 1. The van der Waals surface area contributed by atoms with E-state index >= 15 is 0 Å². The number of carbonyl (C=O) groups excluding carboxylic acids is 2. The highest BCUT2D eigenvalue weighted by atomic mass is 35.5. The zero-order valence-corrected chi connectivity index (χ0v) is 15.9. The lowest BCUT2D eigenvalue weighted by atomic mass is 9.91. The highest BCUT2D eigenvalue weighted by molar-refractivity contribution is 5.95. The van der Waals surface area contributed by atoms with Gasteiger partial charge in [-0.15, -0.1) is 12.4 Å². The second-order valence-electron chi connectivity index (χ2n) is 6.47. The number of amides is 2. The summed E-state index contributed by atoms with van der Waals surface area (Å²) >= 11 is 0. The van der Waals surface area contributed by atoms with Crippen molar-refractivity contribution in [1.82, 2.24) is 4.90 Å². The molecule has 140 valence electrons. The number of nitrogens with zero attached hydrogens (tertiary/aromatic N) is 1. The first-order chi connectivity index (χ1) is 11.4. The number of hydrogen-bond acceptors (Lipinski definition) is 4. The molecular weight excluding hydrogens is 342 g/mol. The Bertz CT molecular complexity index is 603. The van der Waals surface area contributed by atoms with Gasteiger partial charge in [0.1, 0.15) is 0 Å². The molecule has 1 unspecified atom stereocenters. The fourth-order valence-electron chi connectivity index (χ4n) is 2.90. The van der Waals surface area contributed by atoms with Gasteiger partial charge in [-0.3, -0.25) is 9.59 Å². The van der Waals surface area contributed by atoms with Gasteiger partial charge in [0.05, 0.1) is 12.6 Å². The largest absolute Gasteiger partial charge is 0.381 e. The average molecular weight is 370 g/mol. The lowest BCUT2D eigenvalue weighted by molar-refractivity contribution is -0.136. The summed E-state index contributed by atoms with van der Waals surface area (Å²) in [5, 5.41) is 2.86. The Morgan fingerprint density at radius 1 is 1.32 bits per heavy atom. The van der Waals surface area contributed by atoms with E-state index < -0.39 is 6.04 Å². The van der Waals surface area contributed by atoms with Gasteiger partial charge in [0.2, 0.25) is 11.8 Å². The molecule has 7 heteroatoms. The Morgan fingerprint density at radius 3 is 2.60 bits per heavy atom. The van der Waals surface area contributed by atoms with Gasteiger partial charge in [-0.1, -0.05) is 12.1 Å². The minimum Gasteiger partial charge on any atom is -0.381 e. The Labute approximate surface area is 155 Å². The Morgan fingerprint density at radius 2 is 1.96 bits per heavy atom. The third-order valence-corrected chi connectivity index (χ3v) is 4.69. The molecule has 2 amide bonds. The van der Waals surface area contributed by atoms with E-state index in [0.717, 1.165) is 29.7 Å². The van der Waals surface area contributed by atoms with Gasteiger partial charge < -0.3 is 20.7 Å². The molecule has 1 aromatic rings. The number of carbonyl (C=O) groups is 2. The number of aryl methyl sites for hydroxylation is 1. The summed E-state index contributed by atoms with van der Waals surface area (Å²) < 4.78 is 5.30. The molecule has 1 aliphatic heterocycles. The Balaban J connectivity index is 0.00000312. The van der Waals surface area contributed by atoms with Crippen LogP contribution in [0.15, 0.2) is 18.2 Å². The fraction of sp³-hybridized carbons (Fsp3) is 0.556. The van der Waals surface area contributed by atoms with Crippen LogP contribution in [0.25, 0.3) is 0 Å². The van der Waals surface area contributed by atoms with Crippen LogP contribution >= 0.6 is 12.4 Å². The maximum absolute atomic E-state index is 12.4. The third-order valence-electron chi connectivity index (χ3n) is 4.69. The number of rotatable bonds is 5. The maximum atomic E-state index is 12.4. The van der Waals surface area contributed by atoms with Crippen LogP contribution in [0, 0.1) is 19.8 Å². The molecule has 0 aliphatic carbocycles. The Kier molecular flexibility index (Phi) is 8.35. The molecule has 1 heterocycles. The maximum Gasteiger partial charge on any atom is 0.243 e. The van der Waals surface area contributed by atoms with E-state index in [1.54, 1.807) is 7.05 Å². The molecular formula is C18H28ClN3O3. The summed E-state index contributed by atoms with van der Waals surface area (Å²) in [6, 6.07) is 5.17. The number of halogens is 1. The van der Waals surface area contributed by atoms with Gasteiger partial charge in [-0.25, -0.2) is 0 Å². The lowest BCUT2D eigenvalue weighted by Gasteiger charge is -2.29. The smallest absolute Gasteiger partial charge is 0.243 e. The normalized spacial score (nSPS) is 15.8. The van der Waals surface area contributed by atoms with E-state index in [-0.39, 0.29) is 36.7 Å². The molecule has 0 radical (unpaired) electrons. The van der Waals surface area contributed by atoms with Crippen LogP contribution in [-0.4, -0.2) is 49.6 Å². The van der Waals surface area contributed by atoms with Gasteiger partial charge in [-0.05, 0) is 49.8 Å². The van der Waals surface area contributed by atoms with Crippen molar-refractivity contribution >= 4 is 29.9 Å². The second kappa shape index (κ2) is 9.75. The van der Waals surface area contributed by atoms with E-state index in [0.29, 0.717) is 13.2 Å². The molecule has 1 saturated heterocycles. The molecule has 0 bridgehead atoms. The van der Waals surface area contributed by atoms with Gasteiger partial charge in [0, 0.05) is 25.9 Å². The number of ether oxygens (including phenoxy) is 1. The van der Waals surface area contributed by atoms with Crippen LogP contribution in [-0.2, 0) is 14.3 Å². The van der Waals surface area contributed by atoms with Crippen molar-refractivity contribution in [2.75, 3.05) is 32.1 Å². The van der Waals surface area contributed by atoms with E-state index in [4.69, 9.17) is 10.5 Å². The second-order valence-corrected chi connectivity index (χ2v) is 6.47. The fourth-order valence-corrected chi connectivity index (χ4v) is 2.90. The molecule has 1 aliphatic rings. The van der Waals surface area contributed by atoms with Crippen molar-refractivity contribution in [3.05, 3.63) is 29.3 Å². The monoisotopic (exact) mass is 369 g/mol. The van der Waals surface area contributed by atoms with Crippen LogP contribution in [0.4, 0.5) is 5.69 Å². The number of anilines is 1. The van der Waals surface area contributed by atoms with Gasteiger partial charge in [0.25, 0.3) is 0 Å². The Hall–Kier alpha value is -1.63. The third kappa shape index (κ3) is 5.70. The van der Waals surface area contributed by atoms with Crippen molar-refractivity contribution in [3.63, 3.8) is 0 Å². The quantitative estimate of drug-likeness (QED) is 0.829. The van der Waals surface area contributed by atoms with Crippen molar-refractivity contribution in [3.8, 4) is 0 Å². The highest BCUT2D eigenvalue weighted by Crippen LogP contribution is 2.19. The van der Waals surface area contributed by atoms with Gasteiger partial charge in [0.15, 0.2) is 0 Å². The van der Waals surface area contributed by atoms with E-state index in [9.17, 15) is 9.59 Å². The first-order valence-electron chi connectivity index (χ1n) is 8.34. The van der Waals surface area contributed by atoms with E-state index in [2.05, 4.69) is 5.32 Å². The minimum atomic E-state index is -0.576. The topological polar surface area (TPSA) is 84.7 Å². The standard InChI is InChI=1S/C18H27N3O3.ClH/c1-12-5-4-6-15(13(12)2)20-16(22)11-21(3)18(23)17(19)14-7-9-24-10-8-14;/h4-6,14,17H,7-11,19H2,1-3H3,(H,20,22);1H. The minimum absolute atomic E-state index is 0. The lowest BCUT2D eigenvalue weighted by Crippen LogP contribution is -2.49. The molecule has 1 fully saturated rings. The van der Waals surface area contributed by atoms with Crippen LogP contribution in [0.1, 0.15) is 24.0 Å². The van der Waals surface area contributed by atoms with Crippen molar-refractivity contribution in [2.45, 2.75) is 32.7 Å². The molecule has 0 saturated carbocycles. The van der Waals surface area contributed by atoms with Crippen LogP contribution in [0.2, 0.25) is 0 Å². The van der Waals surface area contributed by atoms with E-state index in [1.165, 1.54) is 4.90 Å². The van der Waals surface area contributed by atoms with Crippen LogP contribution < -0.4 is 11.1 Å². The number of nitrogens with two attached hydrogens (primary N) is 1. The molecule has 2 rings (SSSR count). The summed E-state index contributed by atoms with van der Waals surface area (Å²) in [5.74, 6) is -0.299. The predicted molar refractivity (Wildman–Crippen MR) is 101 cm³/mol. The molecule has 1 aromatic carbocycles. The summed E-state index contributed by atoms with van der Waals surface area (Å²) in [4.78, 5) is 26.1. The van der Waals surface area contributed by atoms with E-state index in [1.807, 2.05) is 32.0 Å². The molecule has 0 aromatic heterocycles. The zero-order chi connectivity index (χ0) is 17.7. The summed E-state index contributed by atoms with van der Waals surface area (Å²) in [6.45, 7) is 5.22. The zero-order valence-electron chi connectivity index (χ0n) is 15.1. The number of nitrogens with one attached hydrogen (secondary N) is 1.